The fraction of sp³-hybridized carbons (Fsp3) is 0.0612. The smallest absolute Gasteiger partial charge is 0.113 e. The fourth-order valence-corrected chi connectivity index (χ4v) is 7.03. The van der Waals surface area contributed by atoms with E-state index >= 15 is 0 Å². The van der Waals surface area contributed by atoms with E-state index in [4.69, 9.17) is 4.74 Å². The zero-order valence-corrected chi connectivity index (χ0v) is 29.1. The normalized spacial score (nSPS) is 11.5. The Morgan fingerprint density at radius 1 is 0.519 bits per heavy atom. The Balaban J connectivity index is 1.15. The molecule has 1 N–H and O–H groups in total. The Kier molecular flexibility index (Phi) is 9.34. The molecule has 0 bridgehead atoms. The van der Waals surface area contributed by atoms with Crippen LogP contribution in [0, 0.1) is 0 Å². The maximum atomic E-state index is 10.0. The molecule has 0 aromatic heterocycles. The van der Waals surface area contributed by atoms with Crippen LogP contribution >= 0.6 is 0 Å². The van der Waals surface area contributed by atoms with E-state index in [1.807, 2.05) is 25.1 Å². The number of nitrogens with zero attached hydrogens (tertiary/aromatic N) is 1. The molecule has 252 valence electrons. The van der Waals surface area contributed by atoms with Crippen LogP contribution in [0.2, 0.25) is 0 Å². The third-order valence-electron chi connectivity index (χ3n) is 9.63. The Labute approximate surface area is 305 Å². The lowest BCUT2D eigenvalue weighted by atomic mass is 9.98. The van der Waals surface area contributed by atoms with Crippen LogP contribution in [0.3, 0.4) is 0 Å². The molecule has 0 aliphatic carbocycles. The van der Waals surface area contributed by atoms with Crippen molar-refractivity contribution >= 4 is 44.7 Å². The summed E-state index contributed by atoms with van der Waals surface area (Å²) in [4.78, 5) is 2.39. The second-order valence-electron chi connectivity index (χ2n) is 13.1. The van der Waals surface area contributed by atoms with Crippen molar-refractivity contribution in [2.75, 3.05) is 4.90 Å². The number of anilines is 3. The minimum atomic E-state index is -0.0218. The second-order valence-corrected chi connectivity index (χ2v) is 13.1. The summed E-state index contributed by atoms with van der Waals surface area (Å²) in [6.45, 7) is 2.36. The zero-order valence-electron chi connectivity index (χ0n) is 29.1. The first kappa shape index (κ1) is 32.8. The van der Waals surface area contributed by atoms with E-state index in [1.54, 1.807) is 0 Å². The van der Waals surface area contributed by atoms with Crippen molar-refractivity contribution in [3.8, 4) is 22.3 Å². The average Bonchev–Trinajstić information content (AvgIpc) is 3.21. The van der Waals surface area contributed by atoms with E-state index in [1.165, 1.54) is 11.1 Å². The molecule has 0 spiro atoms. The summed E-state index contributed by atoms with van der Waals surface area (Å²) in [5.41, 5.74) is 10.9. The number of benzene rings is 8. The van der Waals surface area contributed by atoms with Gasteiger partial charge in [0.1, 0.15) is 6.61 Å². The van der Waals surface area contributed by atoms with Crippen LogP contribution in [-0.2, 0) is 18.0 Å². The first-order chi connectivity index (χ1) is 25.6. The standard InChI is InChI=1S/C49H39NO2/c1-35(52-34-44-31-40-19-9-8-18-39(40)30-43(44)33-51)28-36-24-25-42-32-45(27-26-41(42)29-36)50(48-22-12-10-20-46(48)37-14-4-2-5-15-37)49-23-13-11-21-47(49)38-16-6-3-7-17-38/h2-32,51H,33-34H2,1H3. The van der Waals surface area contributed by atoms with Gasteiger partial charge in [-0.3, -0.25) is 0 Å². The van der Waals surface area contributed by atoms with Gasteiger partial charge in [0.2, 0.25) is 0 Å². The number of para-hydroxylation sites is 2. The molecule has 0 saturated heterocycles. The largest absolute Gasteiger partial charge is 0.494 e. The first-order valence-corrected chi connectivity index (χ1v) is 17.7. The molecule has 0 atom stereocenters. The van der Waals surface area contributed by atoms with Gasteiger partial charge in [0.25, 0.3) is 0 Å². The zero-order chi connectivity index (χ0) is 35.3. The summed E-state index contributed by atoms with van der Waals surface area (Å²) in [6, 6.07) is 64.1. The number of ether oxygens (including phenoxy) is 1. The highest BCUT2D eigenvalue weighted by molar-refractivity contribution is 5.96. The third-order valence-corrected chi connectivity index (χ3v) is 9.63. The van der Waals surface area contributed by atoms with Crippen LogP contribution in [-0.4, -0.2) is 5.11 Å². The lowest BCUT2D eigenvalue weighted by Gasteiger charge is -2.30. The molecule has 0 unspecified atom stereocenters. The Bertz CT molecular complexity index is 2440. The number of hydrogen-bond acceptors (Lipinski definition) is 3. The Morgan fingerprint density at radius 2 is 1.02 bits per heavy atom. The van der Waals surface area contributed by atoms with E-state index in [9.17, 15) is 5.11 Å². The van der Waals surface area contributed by atoms with Gasteiger partial charge in [-0.25, -0.2) is 0 Å². The van der Waals surface area contributed by atoms with Crippen LogP contribution in [0.1, 0.15) is 23.6 Å². The molecule has 3 nitrogen and oxygen atoms in total. The van der Waals surface area contributed by atoms with Crippen molar-refractivity contribution in [1.29, 1.82) is 0 Å². The molecule has 0 fully saturated rings. The van der Waals surface area contributed by atoms with E-state index in [0.29, 0.717) is 6.61 Å². The molecule has 0 aliphatic heterocycles. The van der Waals surface area contributed by atoms with Crippen LogP contribution in [0.25, 0.3) is 49.9 Å². The summed E-state index contributed by atoms with van der Waals surface area (Å²) in [6.07, 6.45) is 2.07. The second kappa shape index (κ2) is 14.8. The molecule has 3 heteroatoms. The van der Waals surface area contributed by atoms with Gasteiger partial charge < -0.3 is 14.7 Å². The summed E-state index contributed by atoms with van der Waals surface area (Å²) < 4.78 is 6.22. The number of rotatable bonds is 10. The van der Waals surface area contributed by atoms with Gasteiger partial charge in [0, 0.05) is 16.8 Å². The topological polar surface area (TPSA) is 32.7 Å². The Hall–Kier alpha value is -6.42. The maximum Gasteiger partial charge on any atom is 0.113 e. The minimum absolute atomic E-state index is 0.0218. The third kappa shape index (κ3) is 6.83. The number of allylic oxidation sites excluding steroid dienone is 1. The SMILES string of the molecule is CC(=Cc1ccc2cc(N(c3ccccc3-c3ccccc3)c3ccccc3-c3ccccc3)ccc2c1)OCc1cc2ccccc2cc1CO. The minimum Gasteiger partial charge on any atom is -0.494 e. The van der Waals surface area contributed by atoms with Gasteiger partial charge >= 0.3 is 0 Å². The molecule has 0 radical (unpaired) electrons. The number of aliphatic hydroxyl groups excluding tert-OH is 1. The summed E-state index contributed by atoms with van der Waals surface area (Å²) in [7, 11) is 0. The fourth-order valence-electron chi connectivity index (χ4n) is 7.03. The van der Waals surface area contributed by atoms with Gasteiger partial charge in [-0.15, -0.1) is 0 Å². The van der Waals surface area contributed by atoms with Crippen LogP contribution in [0.4, 0.5) is 17.1 Å². The Morgan fingerprint density at radius 3 is 1.63 bits per heavy atom. The quantitative estimate of drug-likeness (QED) is 0.147. The average molecular weight is 674 g/mol. The lowest BCUT2D eigenvalue weighted by molar-refractivity contribution is 0.199. The molecule has 8 aromatic rings. The number of hydrogen-bond donors (Lipinski definition) is 1. The van der Waals surface area contributed by atoms with Gasteiger partial charge in [0.05, 0.1) is 23.7 Å². The van der Waals surface area contributed by atoms with Gasteiger partial charge in [-0.1, -0.05) is 140 Å². The highest BCUT2D eigenvalue weighted by Gasteiger charge is 2.20. The molecule has 0 saturated carbocycles. The number of fused-ring (bicyclic) bond motifs is 2. The molecule has 0 aliphatic rings. The lowest BCUT2D eigenvalue weighted by Crippen LogP contribution is -2.12. The van der Waals surface area contributed by atoms with Crippen molar-refractivity contribution in [1.82, 2.24) is 0 Å². The highest BCUT2D eigenvalue weighted by Crippen LogP contribution is 2.45. The monoisotopic (exact) mass is 673 g/mol. The predicted octanol–water partition coefficient (Wildman–Crippen LogP) is 12.9. The molecular weight excluding hydrogens is 635 g/mol. The van der Waals surface area contributed by atoms with Crippen molar-refractivity contribution in [3.05, 3.63) is 204 Å². The first-order valence-electron chi connectivity index (χ1n) is 17.7. The van der Waals surface area contributed by atoms with Crippen molar-refractivity contribution in [3.63, 3.8) is 0 Å². The maximum absolute atomic E-state index is 10.0. The van der Waals surface area contributed by atoms with E-state index < -0.39 is 0 Å². The molecular formula is C49H39NO2. The van der Waals surface area contributed by atoms with Gasteiger partial charge in [-0.05, 0) is 105 Å². The van der Waals surface area contributed by atoms with Gasteiger partial charge in [0.15, 0.2) is 0 Å². The predicted molar refractivity (Wildman–Crippen MR) is 218 cm³/mol. The van der Waals surface area contributed by atoms with E-state index in [0.717, 1.165) is 72.2 Å². The van der Waals surface area contributed by atoms with Crippen molar-refractivity contribution in [2.24, 2.45) is 0 Å². The van der Waals surface area contributed by atoms with Gasteiger partial charge in [-0.2, -0.15) is 0 Å². The number of aliphatic hydroxyl groups is 1. The van der Waals surface area contributed by atoms with Crippen LogP contribution in [0.15, 0.2) is 188 Å². The van der Waals surface area contributed by atoms with E-state index in [-0.39, 0.29) is 6.61 Å². The van der Waals surface area contributed by atoms with Crippen LogP contribution < -0.4 is 4.90 Å². The van der Waals surface area contributed by atoms with Crippen molar-refractivity contribution in [2.45, 2.75) is 20.1 Å². The summed E-state index contributed by atoms with van der Waals surface area (Å²) in [5.74, 6) is 0.814. The van der Waals surface area contributed by atoms with E-state index in [2.05, 4.69) is 175 Å². The van der Waals surface area contributed by atoms with Crippen molar-refractivity contribution < 1.29 is 9.84 Å². The molecule has 8 rings (SSSR count). The molecule has 0 amide bonds. The summed E-state index contributed by atoms with van der Waals surface area (Å²) >= 11 is 0. The summed E-state index contributed by atoms with van der Waals surface area (Å²) in [5, 5.41) is 14.6. The molecule has 52 heavy (non-hydrogen) atoms. The highest BCUT2D eigenvalue weighted by atomic mass is 16.5. The molecule has 0 heterocycles. The van der Waals surface area contributed by atoms with Crippen LogP contribution in [0.5, 0.6) is 0 Å². The molecule has 8 aromatic carbocycles.